The van der Waals surface area contributed by atoms with Gasteiger partial charge in [0.15, 0.2) is 0 Å². The monoisotopic (exact) mass is 284 g/mol. The van der Waals surface area contributed by atoms with Gasteiger partial charge in [0.2, 0.25) is 20.6 Å². The number of rotatable bonds is 4. The molecule has 0 aliphatic carbocycles. The lowest BCUT2D eigenvalue weighted by molar-refractivity contribution is -0.105. The molecule has 0 spiro atoms. The molecular formula is C11H12N2O3S2. The van der Waals surface area contributed by atoms with Crippen molar-refractivity contribution in [1.82, 2.24) is 4.98 Å². The van der Waals surface area contributed by atoms with E-state index in [1.165, 1.54) is 0 Å². The maximum absolute atomic E-state index is 12.0. The number of nitrogens with zero attached hydrogens (tertiary/aromatic N) is 1. The number of hydrogen-bond donors (Lipinski definition) is 1. The Morgan fingerprint density at radius 2 is 2.11 bits per heavy atom. The summed E-state index contributed by atoms with van der Waals surface area (Å²) < 4.78 is 24.8. The van der Waals surface area contributed by atoms with Crippen LogP contribution in [-0.4, -0.2) is 25.1 Å². The van der Waals surface area contributed by atoms with Gasteiger partial charge in [-0.3, -0.25) is 4.79 Å². The average Bonchev–Trinajstić information content (AvgIpc) is 2.72. The van der Waals surface area contributed by atoms with Crippen LogP contribution in [0.1, 0.15) is 13.8 Å². The Hall–Kier alpha value is -1.47. The maximum Gasteiger partial charge on any atom is 0.211 e. The van der Waals surface area contributed by atoms with Gasteiger partial charge in [0.25, 0.3) is 0 Å². The molecule has 5 nitrogen and oxygen atoms in total. The number of sulfone groups is 1. The van der Waals surface area contributed by atoms with E-state index >= 15 is 0 Å². The number of carbonyl (C=O) groups excluding carboxylic acids is 1. The summed E-state index contributed by atoms with van der Waals surface area (Å²) in [6.07, 6.45) is 0.577. The van der Waals surface area contributed by atoms with Gasteiger partial charge in [0, 0.05) is 5.69 Å². The Morgan fingerprint density at radius 1 is 1.39 bits per heavy atom. The number of fused-ring (bicyclic) bond motifs is 1. The fourth-order valence-corrected chi connectivity index (χ4v) is 4.06. The standard InChI is InChI=1S/C11H12N2O3S2/c1-7(2)18(15,16)11-13-9-4-3-8(12-6-14)5-10(9)17-11/h3-7H,1-2H3,(H,12,14). The van der Waals surface area contributed by atoms with Crippen molar-refractivity contribution in [2.75, 3.05) is 5.32 Å². The molecule has 1 aromatic carbocycles. The molecule has 18 heavy (non-hydrogen) atoms. The molecule has 1 N–H and O–H groups in total. The highest BCUT2D eigenvalue weighted by Gasteiger charge is 2.23. The van der Waals surface area contributed by atoms with Crippen molar-refractivity contribution in [1.29, 1.82) is 0 Å². The van der Waals surface area contributed by atoms with Gasteiger partial charge in [-0.05, 0) is 32.0 Å². The molecule has 2 rings (SSSR count). The molecule has 1 aromatic heterocycles. The summed E-state index contributed by atoms with van der Waals surface area (Å²) in [4.78, 5) is 14.5. The fraction of sp³-hybridized carbons (Fsp3) is 0.273. The van der Waals surface area contributed by atoms with Crippen LogP contribution < -0.4 is 5.32 Å². The van der Waals surface area contributed by atoms with Gasteiger partial charge in [-0.2, -0.15) is 0 Å². The minimum atomic E-state index is -3.35. The van der Waals surface area contributed by atoms with Crippen molar-refractivity contribution < 1.29 is 13.2 Å². The highest BCUT2D eigenvalue weighted by molar-refractivity contribution is 7.94. The molecule has 0 bridgehead atoms. The molecule has 1 amide bonds. The Balaban J connectivity index is 2.54. The highest BCUT2D eigenvalue weighted by Crippen LogP contribution is 2.29. The van der Waals surface area contributed by atoms with Gasteiger partial charge in [-0.15, -0.1) is 11.3 Å². The summed E-state index contributed by atoms with van der Waals surface area (Å²) in [5.74, 6) is 0. The lowest BCUT2D eigenvalue weighted by atomic mass is 10.3. The second-order valence-electron chi connectivity index (χ2n) is 4.02. The number of carbonyl (C=O) groups is 1. The van der Waals surface area contributed by atoms with Crippen LogP contribution in [-0.2, 0) is 14.6 Å². The summed E-state index contributed by atoms with van der Waals surface area (Å²) in [5, 5.41) is 2.02. The number of hydrogen-bond acceptors (Lipinski definition) is 5. The van der Waals surface area contributed by atoms with Crippen molar-refractivity contribution in [3.8, 4) is 0 Å². The first-order chi connectivity index (χ1) is 8.45. The molecular weight excluding hydrogens is 272 g/mol. The molecule has 0 fully saturated rings. The van der Waals surface area contributed by atoms with E-state index in [0.29, 0.717) is 17.6 Å². The van der Waals surface area contributed by atoms with Crippen molar-refractivity contribution in [2.45, 2.75) is 23.4 Å². The van der Waals surface area contributed by atoms with Crippen LogP contribution in [0.3, 0.4) is 0 Å². The summed E-state index contributed by atoms with van der Waals surface area (Å²) in [6, 6.07) is 5.08. The molecule has 0 aliphatic heterocycles. The third-order valence-corrected chi connectivity index (χ3v) is 6.04. The van der Waals surface area contributed by atoms with E-state index in [1.807, 2.05) is 0 Å². The van der Waals surface area contributed by atoms with Gasteiger partial charge < -0.3 is 5.32 Å². The number of benzene rings is 1. The predicted molar refractivity (Wildman–Crippen MR) is 71.6 cm³/mol. The molecule has 7 heteroatoms. The van der Waals surface area contributed by atoms with Gasteiger partial charge in [-0.25, -0.2) is 13.4 Å². The van der Waals surface area contributed by atoms with Gasteiger partial charge in [-0.1, -0.05) is 0 Å². The van der Waals surface area contributed by atoms with Crippen LogP contribution in [0, 0.1) is 0 Å². The topological polar surface area (TPSA) is 76.1 Å². The van der Waals surface area contributed by atoms with Crippen LogP contribution in [0.2, 0.25) is 0 Å². The van der Waals surface area contributed by atoms with Crippen molar-refractivity contribution >= 4 is 43.5 Å². The van der Waals surface area contributed by atoms with E-state index in [-0.39, 0.29) is 4.34 Å². The molecule has 0 saturated carbocycles. The minimum absolute atomic E-state index is 0.121. The van der Waals surface area contributed by atoms with E-state index in [1.54, 1.807) is 32.0 Å². The second-order valence-corrected chi connectivity index (χ2v) is 7.73. The lowest BCUT2D eigenvalue weighted by Crippen LogP contribution is -2.13. The zero-order valence-corrected chi connectivity index (χ0v) is 11.5. The van der Waals surface area contributed by atoms with Crippen LogP contribution >= 0.6 is 11.3 Å². The molecule has 96 valence electrons. The van der Waals surface area contributed by atoms with Crippen molar-refractivity contribution in [3.05, 3.63) is 18.2 Å². The quantitative estimate of drug-likeness (QED) is 0.872. The zero-order chi connectivity index (χ0) is 13.3. The fourth-order valence-electron chi connectivity index (χ4n) is 1.38. The van der Waals surface area contributed by atoms with Gasteiger partial charge >= 0.3 is 0 Å². The van der Waals surface area contributed by atoms with Crippen LogP contribution in [0.4, 0.5) is 5.69 Å². The van der Waals surface area contributed by atoms with Gasteiger partial charge in [0.1, 0.15) is 0 Å². The Morgan fingerprint density at radius 3 is 2.72 bits per heavy atom. The summed E-state index contributed by atoms with van der Waals surface area (Å²) in [7, 11) is -3.35. The minimum Gasteiger partial charge on any atom is -0.329 e. The van der Waals surface area contributed by atoms with Gasteiger partial charge in [0.05, 0.1) is 15.5 Å². The maximum atomic E-state index is 12.0. The van der Waals surface area contributed by atoms with E-state index in [9.17, 15) is 13.2 Å². The van der Waals surface area contributed by atoms with Crippen LogP contribution in [0.15, 0.2) is 22.5 Å². The second kappa shape index (κ2) is 4.66. The Kier molecular flexibility index (Phi) is 3.36. The van der Waals surface area contributed by atoms with E-state index in [2.05, 4.69) is 10.3 Å². The smallest absolute Gasteiger partial charge is 0.211 e. The van der Waals surface area contributed by atoms with Crippen LogP contribution in [0.5, 0.6) is 0 Å². The zero-order valence-electron chi connectivity index (χ0n) is 9.88. The summed E-state index contributed by atoms with van der Waals surface area (Å²) in [5.41, 5.74) is 1.24. The predicted octanol–water partition coefficient (Wildman–Crippen LogP) is 2.05. The number of aromatic nitrogens is 1. The number of amides is 1. The first-order valence-corrected chi connectivity index (χ1v) is 7.66. The van der Waals surface area contributed by atoms with Crippen LogP contribution in [0.25, 0.3) is 10.2 Å². The molecule has 0 unspecified atom stereocenters. The molecule has 0 saturated heterocycles. The molecule has 2 aromatic rings. The van der Waals surface area contributed by atoms with E-state index in [0.717, 1.165) is 16.0 Å². The molecule has 0 atom stereocenters. The third-order valence-electron chi connectivity index (χ3n) is 2.46. The van der Waals surface area contributed by atoms with Crippen molar-refractivity contribution in [3.63, 3.8) is 0 Å². The number of thiazole rings is 1. The van der Waals surface area contributed by atoms with E-state index in [4.69, 9.17) is 0 Å². The Labute approximate surface area is 109 Å². The first kappa shape index (κ1) is 13.0. The third kappa shape index (κ3) is 2.23. The van der Waals surface area contributed by atoms with E-state index < -0.39 is 15.1 Å². The molecule has 0 radical (unpaired) electrons. The number of nitrogens with one attached hydrogen (secondary N) is 1. The SMILES string of the molecule is CC(C)S(=O)(=O)c1nc2ccc(NC=O)cc2s1. The average molecular weight is 284 g/mol. The number of anilines is 1. The largest absolute Gasteiger partial charge is 0.329 e. The van der Waals surface area contributed by atoms with Crippen molar-refractivity contribution in [2.24, 2.45) is 0 Å². The Bertz CT molecular complexity index is 689. The lowest BCUT2D eigenvalue weighted by Gasteiger charge is -2.01. The summed E-state index contributed by atoms with van der Waals surface area (Å²) in [6.45, 7) is 3.25. The first-order valence-electron chi connectivity index (χ1n) is 5.30. The summed E-state index contributed by atoms with van der Waals surface area (Å²) >= 11 is 1.12. The molecule has 1 heterocycles. The highest BCUT2D eigenvalue weighted by atomic mass is 32.2. The molecule has 0 aliphatic rings. The normalized spacial score (nSPS) is 11.9.